The molecular formula is C18H22N2O. The Morgan fingerprint density at radius 3 is 2.38 bits per heavy atom. The Kier molecular flexibility index (Phi) is 6.07. The van der Waals surface area contributed by atoms with Crippen molar-refractivity contribution in [2.24, 2.45) is 0 Å². The molecule has 0 amide bonds. The first-order valence-corrected chi connectivity index (χ1v) is 7.63. The normalized spacial score (nSPS) is 10.5. The first-order chi connectivity index (χ1) is 10.3. The Bertz CT molecular complexity index is 549. The minimum absolute atomic E-state index is 0.102. The van der Waals surface area contributed by atoms with Crippen LogP contribution in [0.5, 0.6) is 0 Å². The van der Waals surface area contributed by atoms with Gasteiger partial charge in [0.2, 0.25) is 0 Å². The van der Waals surface area contributed by atoms with Crippen LogP contribution in [0.1, 0.15) is 53.8 Å². The molecule has 2 aromatic rings. The summed E-state index contributed by atoms with van der Waals surface area (Å²) in [6, 6.07) is 14.1. The van der Waals surface area contributed by atoms with Crippen molar-refractivity contribution in [1.82, 2.24) is 10.2 Å². The molecule has 0 saturated heterocycles. The van der Waals surface area contributed by atoms with Crippen LogP contribution in [0, 0.1) is 6.92 Å². The van der Waals surface area contributed by atoms with Crippen LogP contribution in [0.25, 0.3) is 0 Å². The average molecular weight is 282 g/mol. The Morgan fingerprint density at radius 1 is 0.905 bits per heavy atom. The molecule has 0 N–H and O–H groups in total. The first-order valence-electron chi connectivity index (χ1n) is 7.63. The number of benzene rings is 1. The maximum absolute atomic E-state index is 11.9. The number of hydrogen-bond acceptors (Lipinski definition) is 3. The highest BCUT2D eigenvalue weighted by Gasteiger charge is 2.07. The fourth-order valence-electron chi connectivity index (χ4n) is 2.29. The molecule has 2 rings (SSSR count). The Hall–Kier alpha value is -2.03. The van der Waals surface area contributed by atoms with Gasteiger partial charge in [-0.1, -0.05) is 43.2 Å². The fourth-order valence-corrected chi connectivity index (χ4v) is 2.29. The lowest BCUT2D eigenvalue weighted by atomic mass is 10.0. The molecule has 1 aromatic heterocycles. The monoisotopic (exact) mass is 282 g/mol. The summed E-state index contributed by atoms with van der Waals surface area (Å²) in [6.07, 6.45) is 6.08. The molecule has 110 valence electrons. The highest BCUT2D eigenvalue weighted by Crippen LogP contribution is 2.10. The van der Waals surface area contributed by atoms with Gasteiger partial charge >= 0.3 is 0 Å². The predicted molar refractivity (Wildman–Crippen MR) is 84.3 cm³/mol. The van der Waals surface area contributed by atoms with E-state index < -0.39 is 0 Å². The minimum Gasteiger partial charge on any atom is -0.292 e. The molecule has 0 unspecified atom stereocenters. The van der Waals surface area contributed by atoms with E-state index in [1.807, 2.05) is 19.1 Å². The summed E-state index contributed by atoms with van der Waals surface area (Å²) in [4.78, 5) is 11.9. The van der Waals surface area contributed by atoms with Crippen molar-refractivity contribution in [3.63, 3.8) is 0 Å². The second-order valence-electron chi connectivity index (χ2n) is 5.38. The fraction of sp³-hybridized carbons (Fsp3) is 0.389. The van der Waals surface area contributed by atoms with E-state index in [0.717, 1.165) is 25.0 Å². The Labute approximate surface area is 126 Å². The number of Topliss-reactive ketones (excluding diaryl/α,β-unsaturated/α-hetero) is 1. The van der Waals surface area contributed by atoms with Crippen molar-refractivity contribution in [2.45, 2.75) is 45.4 Å². The SMILES string of the molecule is Cc1ccc(C(=O)CCCCCCc2ccccc2)nn1. The first kappa shape index (κ1) is 15.4. The molecule has 3 heteroatoms. The number of ketones is 1. The lowest BCUT2D eigenvalue weighted by molar-refractivity contribution is 0.0973. The summed E-state index contributed by atoms with van der Waals surface area (Å²) in [5.74, 6) is 0.102. The molecule has 0 bridgehead atoms. The topological polar surface area (TPSA) is 42.9 Å². The molecular weight excluding hydrogens is 260 g/mol. The molecule has 21 heavy (non-hydrogen) atoms. The van der Waals surface area contributed by atoms with Gasteiger partial charge in [0.05, 0.1) is 5.69 Å². The van der Waals surface area contributed by atoms with Gasteiger partial charge < -0.3 is 0 Å². The van der Waals surface area contributed by atoms with Gasteiger partial charge in [0.25, 0.3) is 0 Å². The molecule has 1 heterocycles. The third-order valence-corrected chi connectivity index (χ3v) is 3.55. The number of aromatic nitrogens is 2. The Morgan fingerprint density at radius 2 is 1.67 bits per heavy atom. The largest absolute Gasteiger partial charge is 0.292 e. The van der Waals surface area contributed by atoms with Crippen molar-refractivity contribution >= 4 is 5.78 Å². The molecule has 0 fully saturated rings. The van der Waals surface area contributed by atoms with Crippen LogP contribution in [-0.4, -0.2) is 16.0 Å². The maximum atomic E-state index is 11.9. The van der Waals surface area contributed by atoms with Gasteiger partial charge in [-0.15, -0.1) is 5.10 Å². The number of carbonyl (C=O) groups excluding carboxylic acids is 1. The van der Waals surface area contributed by atoms with Gasteiger partial charge in [0, 0.05) is 6.42 Å². The van der Waals surface area contributed by atoms with Gasteiger partial charge in [0.1, 0.15) is 5.69 Å². The highest BCUT2D eigenvalue weighted by molar-refractivity contribution is 5.93. The molecule has 1 aromatic carbocycles. The summed E-state index contributed by atoms with van der Waals surface area (Å²) < 4.78 is 0. The molecule has 0 aliphatic rings. The standard InChI is InChI=1S/C18H22N2O/c1-15-13-14-17(20-19-15)18(21)12-8-3-2-5-9-16-10-6-4-7-11-16/h4,6-7,10-11,13-14H,2-3,5,8-9,12H2,1H3. The van der Waals surface area contributed by atoms with E-state index in [4.69, 9.17) is 0 Å². The zero-order chi connectivity index (χ0) is 14.9. The van der Waals surface area contributed by atoms with E-state index in [1.54, 1.807) is 6.07 Å². The minimum atomic E-state index is 0.102. The average Bonchev–Trinajstić information content (AvgIpc) is 2.52. The van der Waals surface area contributed by atoms with Crippen LogP contribution in [0.15, 0.2) is 42.5 Å². The van der Waals surface area contributed by atoms with Gasteiger partial charge in [0.15, 0.2) is 5.78 Å². The molecule has 0 aliphatic heterocycles. The van der Waals surface area contributed by atoms with Crippen LogP contribution in [0.2, 0.25) is 0 Å². The van der Waals surface area contributed by atoms with E-state index in [1.165, 1.54) is 18.4 Å². The Balaban J connectivity index is 1.59. The van der Waals surface area contributed by atoms with Crippen molar-refractivity contribution in [3.05, 3.63) is 59.4 Å². The zero-order valence-electron chi connectivity index (χ0n) is 12.6. The number of aryl methyl sites for hydroxylation is 2. The number of nitrogens with zero attached hydrogens (tertiary/aromatic N) is 2. The maximum Gasteiger partial charge on any atom is 0.183 e. The summed E-state index contributed by atoms with van der Waals surface area (Å²) in [5.41, 5.74) is 2.72. The summed E-state index contributed by atoms with van der Waals surface area (Å²) in [6.45, 7) is 1.87. The molecule has 0 radical (unpaired) electrons. The van der Waals surface area contributed by atoms with Gasteiger partial charge in [-0.3, -0.25) is 4.79 Å². The number of carbonyl (C=O) groups is 1. The molecule has 0 saturated carbocycles. The zero-order valence-corrected chi connectivity index (χ0v) is 12.6. The van der Waals surface area contributed by atoms with Gasteiger partial charge in [-0.2, -0.15) is 5.10 Å². The number of unbranched alkanes of at least 4 members (excludes halogenated alkanes) is 3. The van der Waals surface area contributed by atoms with E-state index >= 15 is 0 Å². The van der Waals surface area contributed by atoms with Gasteiger partial charge in [-0.05, 0) is 43.9 Å². The van der Waals surface area contributed by atoms with Crippen LogP contribution in [-0.2, 0) is 6.42 Å². The summed E-state index contributed by atoms with van der Waals surface area (Å²) in [5, 5.41) is 7.85. The second kappa shape index (κ2) is 8.30. The molecule has 0 atom stereocenters. The van der Waals surface area contributed by atoms with E-state index in [0.29, 0.717) is 12.1 Å². The number of hydrogen-bond donors (Lipinski definition) is 0. The van der Waals surface area contributed by atoms with Crippen molar-refractivity contribution < 1.29 is 4.79 Å². The van der Waals surface area contributed by atoms with Crippen LogP contribution in [0.4, 0.5) is 0 Å². The van der Waals surface area contributed by atoms with E-state index in [-0.39, 0.29) is 5.78 Å². The summed E-state index contributed by atoms with van der Waals surface area (Å²) >= 11 is 0. The molecule has 3 nitrogen and oxygen atoms in total. The van der Waals surface area contributed by atoms with Crippen LogP contribution in [0.3, 0.4) is 0 Å². The third-order valence-electron chi connectivity index (χ3n) is 3.55. The third kappa shape index (κ3) is 5.46. The molecule has 0 spiro atoms. The van der Waals surface area contributed by atoms with Crippen molar-refractivity contribution in [1.29, 1.82) is 0 Å². The van der Waals surface area contributed by atoms with E-state index in [2.05, 4.69) is 34.5 Å². The quantitative estimate of drug-likeness (QED) is 0.539. The van der Waals surface area contributed by atoms with Gasteiger partial charge in [-0.25, -0.2) is 0 Å². The van der Waals surface area contributed by atoms with Crippen molar-refractivity contribution in [2.75, 3.05) is 0 Å². The highest BCUT2D eigenvalue weighted by atomic mass is 16.1. The second-order valence-corrected chi connectivity index (χ2v) is 5.38. The smallest absolute Gasteiger partial charge is 0.183 e. The lowest BCUT2D eigenvalue weighted by Gasteiger charge is -2.02. The lowest BCUT2D eigenvalue weighted by Crippen LogP contribution is -2.04. The molecule has 0 aliphatic carbocycles. The van der Waals surface area contributed by atoms with Crippen LogP contribution < -0.4 is 0 Å². The van der Waals surface area contributed by atoms with E-state index in [9.17, 15) is 4.79 Å². The van der Waals surface area contributed by atoms with Crippen molar-refractivity contribution in [3.8, 4) is 0 Å². The summed E-state index contributed by atoms with van der Waals surface area (Å²) in [7, 11) is 0. The predicted octanol–water partition coefficient (Wildman–Crippen LogP) is 4.16. The van der Waals surface area contributed by atoms with Crippen LogP contribution >= 0.6 is 0 Å². The number of rotatable bonds is 8.